The lowest BCUT2D eigenvalue weighted by molar-refractivity contribution is -0.123. The van der Waals surface area contributed by atoms with E-state index >= 15 is 0 Å². The van der Waals surface area contributed by atoms with Gasteiger partial charge in [-0.25, -0.2) is 4.39 Å². The number of hydrogen-bond acceptors (Lipinski definition) is 2. The number of carbonyl (C=O) groups is 1. The van der Waals surface area contributed by atoms with Gasteiger partial charge in [-0.05, 0) is 25.0 Å². The molecule has 100 valence electrons. The second-order valence-corrected chi connectivity index (χ2v) is 4.89. The SMILES string of the molecule is CCC(CC)NC(=O)COc1cc(F)cc(Br)c1. The number of nitrogens with one attached hydrogen (secondary N) is 1. The van der Waals surface area contributed by atoms with E-state index < -0.39 is 5.82 Å². The molecule has 0 atom stereocenters. The zero-order valence-electron chi connectivity index (χ0n) is 10.5. The predicted molar refractivity (Wildman–Crippen MR) is 72.1 cm³/mol. The minimum Gasteiger partial charge on any atom is -0.484 e. The van der Waals surface area contributed by atoms with Gasteiger partial charge in [0.15, 0.2) is 6.61 Å². The molecule has 1 rings (SSSR count). The molecule has 0 aliphatic heterocycles. The van der Waals surface area contributed by atoms with Crippen molar-refractivity contribution in [1.29, 1.82) is 0 Å². The second kappa shape index (κ2) is 7.36. The van der Waals surface area contributed by atoms with Crippen molar-refractivity contribution in [2.75, 3.05) is 6.61 Å². The van der Waals surface area contributed by atoms with Gasteiger partial charge >= 0.3 is 0 Å². The van der Waals surface area contributed by atoms with Crippen molar-refractivity contribution >= 4 is 21.8 Å². The number of amides is 1. The summed E-state index contributed by atoms with van der Waals surface area (Å²) in [4.78, 5) is 11.6. The van der Waals surface area contributed by atoms with Crippen molar-refractivity contribution in [3.05, 3.63) is 28.5 Å². The summed E-state index contributed by atoms with van der Waals surface area (Å²) in [5.41, 5.74) is 0. The minimum absolute atomic E-state index is 0.105. The monoisotopic (exact) mass is 317 g/mol. The molecule has 0 saturated carbocycles. The highest BCUT2D eigenvalue weighted by molar-refractivity contribution is 9.10. The van der Waals surface area contributed by atoms with Crippen LogP contribution in [0.25, 0.3) is 0 Å². The van der Waals surface area contributed by atoms with Gasteiger partial charge in [0.05, 0.1) is 0 Å². The number of halogens is 2. The molecule has 0 fully saturated rings. The molecule has 0 saturated heterocycles. The van der Waals surface area contributed by atoms with Crippen molar-refractivity contribution in [3.63, 3.8) is 0 Å². The van der Waals surface area contributed by atoms with E-state index in [9.17, 15) is 9.18 Å². The highest BCUT2D eigenvalue weighted by Gasteiger charge is 2.09. The Morgan fingerprint density at radius 2 is 2.06 bits per heavy atom. The molecule has 1 aromatic carbocycles. The van der Waals surface area contributed by atoms with Crippen LogP contribution in [0.3, 0.4) is 0 Å². The van der Waals surface area contributed by atoms with Crippen LogP contribution in [0, 0.1) is 5.82 Å². The molecule has 5 heteroatoms. The van der Waals surface area contributed by atoms with Crippen LogP contribution in [0.2, 0.25) is 0 Å². The van der Waals surface area contributed by atoms with Gasteiger partial charge < -0.3 is 10.1 Å². The van der Waals surface area contributed by atoms with Crippen LogP contribution in [0.1, 0.15) is 26.7 Å². The zero-order chi connectivity index (χ0) is 13.5. The molecule has 0 aromatic heterocycles. The number of hydrogen-bond donors (Lipinski definition) is 1. The molecule has 0 aliphatic rings. The van der Waals surface area contributed by atoms with E-state index in [1.807, 2.05) is 13.8 Å². The first-order chi connectivity index (χ1) is 8.55. The molecular weight excluding hydrogens is 301 g/mol. The summed E-state index contributed by atoms with van der Waals surface area (Å²) in [6, 6.07) is 4.36. The van der Waals surface area contributed by atoms with Gasteiger partial charge in [0, 0.05) is 16.6 Å². The van der Waals surface area contributed by atoms with Gasteiger partial charge in [0.1, 0.15) is 11.6 Å². The van der Waals surface area contributed by atoms with Crippen LogP contribution in [0.5, 0.6) is 5.75 Å². The topological polar surface area (TPSA) is 38.3 Å². The molecule has 0 unspecified atom stereocenters. The Morgan fingerprint density at radius 1 is 1.39 bits per heavy atom. The Kier molecular flexibility index (Phi) is 6.12. The van der Waals surface area contributed by atoms with Crippen molar-refractivity contribution in [2.24, 2.45) is 0 Å². The molecule has 0 radical (unpaired) electrons. The van der Waals surface area contributed by atoms with Crippen molar-refractivity contribution in [1.82, 2.24) is 5.32 Å². The summed E-state index contributed by atoms with van der Waals surface area (Å²) in [7, 11) is 0. The average molecular weight is 318 g/mol. The molecular formula is C13H17BrFNO2. The summed E-state index contributed by atoms with van der Waals surface area (Å²) in [6.07, 6.45) is 1.77. The van der Waals surface area contributed by atoms with E-state index in [0.717, 1.165) is 12.8 Å². The van der Waals surface area contributed by atoms with Crippen LogP contribution in [0.15, 0.2) is 22.7 Å². The zero-order valence-corrected chi connectivity index (χ0v) is 12.1. The third kappa shape index (κ3) is 5.04. The quantitative estimate of drug-likeness (QED) is 0.874. The summed E-state index contributed by atoms with van der Waals surface area (Å²) in [5, 5.41) is 2.85. The third-order valence-corrected chi connectivity index (χ3v) is 3.01. The van der Waals surface area contributed by atoms with Crippen LogP contribution >= 0.6 is 15.9 Å². The normalized spacial score (nSPS) is 10.5. The fourth-order valence-corrected chi connectivity index (χ4v) is 1.97. The molecule has 1 amide bonds. The van der Waals surface area contributed by atoms with E-state index in [2.05, 4.69) is 21.2 Å². The lowest BCUT2D eigenvalue weighted by atomic mass is 10.2. The highest BCUT2D eigenvalue weighted by atomic mass is 79.9. The molecule has 0 spiro atoms. The molecule has 1 aromatic rings. The maximum absolute atomic E-state index is 13.1. The summed E-state index contributed by atoms with van der Waals surface area (Å²) >= 11 is 3.16. The van der Waals surface area contributed by atoms with Crippen LogP contribution in [0.4, 0.5) is 4.39 Å². The van der Waals surface area contributed by atoms with Gasteiger partial charge in [-0.15, -0.1) is 0 Å². The standard InChI is InChI=1S/C13H17BrFNO2/c1-3-11(4-2)16-13(17)8-18-12-6-9(14)5-10(15)7-12/h5-7,11H,3-4,8H2,1-2H3,(H,16,17). The first-order valence-corrected chi connectivity index (χ1v) is 6.72. The van der Waals surface area contributed by atoms with Crippen LogP contribution < -0.4 is 10.1 Å². The van der Waals surface area contributed by atoms with Crippen molar-refractivity contribution in [2.45, 2.75) is 32.7 Å². The summed E-state index contributed by atoms with van der Waals surface area (Å²) < 4.78 is 18.9. The van der Waals surface area contributed by atoms with Gasteiger partial charge in [-0.2, -0.15) is 0 Å². The highest BCUT2D eigenvalue weighted by Crippen LogP contribution is 2.20. The number of benzene rings is 1. The largest absolute Gasteiger partial charge is 0.484 e. The fourth-order valence-electron chi connectivity index (χ4n) is 1.52. The average Bonchev–Trinajstić information content (AvgIpc) is 2.32. The Morgan fingerprint density at radius 3 is 2.61 bits per heavy atom. The molecule has 0 bridgehead atoms. The number of ether oxygens (including phenoxy) is 1. The first kappa shape index (κ1) is 15.0. The summed E-state index contributed by atoms with van der Waals surface area (Å²) in [6.45, 7) is 3.92. The molecule has 18 heavy (non-hydrogen) atoms. The number of rotatable bonds is 6. The van der Waals surface area contributed by atoms with Gasteiger partial charge in [-0.3, -0.25) is 4.79 Å². The van der Waals surface area contributed by atoms with Gasteiger partial charge in [-0.1, -0.05) is 29.8 Å². The Balaban J connectivity index is 2.47. The third-order valence-electron chi connectivity index (χ3n) is 2.56. The Bertz CT molecular complexity index is 388. The van der Waals surface area contributed by atoms with Gasteiger partial charge in [0.25, 0.3) is 5.91 Å². The maximum atomic E-state index is 13.1. The molecule has 0 aliphatic carbocycles. The van der Waals surface area contributed by atoms with Crippen LogP contribution in [-0.2, 0) is 4.79 Å². The molecule has 3 nitrogen and oxygen atoms in total. The Hall–Kier alpha value is -1.10. The van der Waals surface area contributed by atoms with E-state index in [0.29, 0.717) is 10.2 Å². The van der Waals surface area contributed by atoms with Gasteiger partial charge in [0.2, 0.25) is 0 Å². The van der Waals surface area contributed by atoms with E-state index in [-0.39, 0.29) is 18.6 Å². The smallest absolute Gasteiger partial charge is 0.258 e. The number of carbonyl (C=O) groups excluding carboxylic acids is 1. The lowest BCUT2D eigenvalue weighted by Gasteiger charge is -2.15. The summed E-state index contributed by atoms with van der Waals surface area (Å²) in [5.74, 6) is -0.259. The van der Waals surface area contributed by atoms with Crippen molar-refractivity contribution < 1.29 is 13.9 Å². The van der Waals surface area contributed by atoms with Crippen molar-refractivity contribution in [3.8, 4) is 5.75 Å². The van der Waals surface area contributed by atoms with E-state index in [1.54, 1.807) is 6.07 Å². The predicted octanol–water partition coefficient (Wildman–Crippen LogP) is 3.27. The minimum atomic E-state index is -0.403. The fraction of sp³-hybridized carbons (Fsp3) is 0.462. The first-order valence-electron chi connectivity index (χ1n) is 5.93. The van der Waals surface area contributed by atoms with Crippen LogP contribution in [-0.4, -0.2) is 18.6 Å². The maximum Gasteiger partial charge on any atom is 0.258 e. The molecule has 0 heterocycles. The Labute approximate surface area is 115 Å². The molecule has 1 N–H and O–H groups in total. The second-order valence-electron chi connectivity index (χ2n) is 3.97. The van der Waals surface area contributed by atoms with E-state index in [4.69, 9.17) is 4.74 Å². The van der Waals surface area contributed by atoms with E-state index in [1.165, 1.54) is 12.1 Å². The lowest BCUT2D eigenvalue weighted by Crippen LogP contribution is -2.37.